The number of carboxylic acids is 1. The predicted molar refractivity (Wildman–Crippen MR) is 139 cm³/mol. The lowest BCUT2D eigenvalue weighted by Gasteiger charge is -2.22. The molecule has 2 heterocycles. The Morgan fingerprint density at radius 1 is 1.08 bits per heavy atom. The van der Waals surface area contributed by atoms with Gasteiger partial charge < -0.3 is 30.2 Å². The molecule has 1 fully saturated rings. The lowest BCUT2D eigenvalue weighted by Crippen LogP contribution is -2.42. The topological polar surface area (TPSA) is 113 Å². The molecule has 0 bridgehead atoms. The molecule has 4 rings (SSSR count). The number of amides is 1. The van der Waals surface area contributed by atoms with Crippen LogP contribution in [0.25, 0.3) is 10.9 Å². The fraction of sp³-hybridized carbons (Fsp3) is 0.429. The number of benzene rings is 2. The van der Waals surface area contributed by atoms with Crippen LogP contribution < -0.4 is 20.1 Å². The molecule has 3 aromatic rings. The molecule has 0 aliphatic carbocycles. The minimum Gasteiger partial charge on any atom is -0.494 e. The summed E-state index contributed by atoms with van der Waals surface area (Å²) in [6.45, 7) is 2.94. The molecule has 36 heavy (non-hydrogen) atoms. The zero-order valence-corrected chi connectivity index (χ0v) is 20.7. The minimum atomic E-state index is -1.10. The Hall–Kier alpha value is -3.52. The third-order valence-electron chi connectivity index (χ3n) is 6.79. The van der Waals surface area contributed by atoms with E-state index in [9.17, 15) is 14.7 Å². The molecule has 1 aliphatic rings. The Morgan fingerprint density at radius 2 is 1.83 bits per heavy atom. The highest BCUT2D eigenvalue weighted by Gasteiger charge is 2.25. The van der Waals surface area contributed by atoms with Gasteiger partial charge in [0.05, 0.1) is 13.7 Å². The molecular formula is C28H35N3O5. The van der Waals surface area contributed by atoms with E-state index >= 15 is 0 Å². The van der Waals surface area contributed by atoms with Crippen molar-refractivity contribution in [2.75, 3.05) is 26.8 Å². The summed E-state index contributed by atoms with van der Waals surface area (Å²) in [7, 11) is 1.49. The molecule has 0 unspecified atom stereocenters. The average molecular weight is 494 g/mol. The molecule has 0 radical (unpaired) electrons. The molecule has 0 spiro atoms. The van der Waals surface area contributed by atoms with Crippen LogP contribution in [0.3, 0.4) is 0 Å². The van der Waals surface area contributed by atoms with Crippen molar-refractivity contribution in [1.82, 2.24) is 15.6 Å². The van der Waals surface area contributed by atoms with Gasteiger partial charge in [-0.1, -0.05) is 30.7 Å². The highest BCUT2D eigenvalue weighted by molar-refractivity contribution is 6.04. The van der Waals surface area contributed by atoms with Crippen molar-refractivity contribution in [1.29, 1.82) is 0 Å². The highest BCUT2D eigenvalue weighted by atomic mass is 16.5. The number of piperidine rings is 1. The number of para-hydroxylation sites is 1. The fourth-order valence-corrected chi connectivity index (χ4v) is 4.77. The Labute approximate surface area is 211 Å². The monoisotopic (exact) mass is 493 g/mol. The maximum Gasteiger partial charge on any atom is 0.326 e. The van der Waals surface area contributed by atoms with Crippen molar-refractivity contribution >= 4 is 22.8 Å². The van der Waals surface area contributed by atoms with Gasteiger partial charge in [0.1, 0.15) is 17.5 Å². The standard InChI is InChI=1S/C28H35N3O5/c1-35-26-22-7-2-3-8-23(22)30-25(26)27(32)31-24(28(33)34)18-20-9-11-21(12-10-20)36-17-5-4-6-19-13-15-29-16-14-19/h2-3,7-12,19,24,29-30H,4-6,13-18H2,1H3,(H,31,32)(H,33,34)/t24-/m0/s1. The molecule has 1 aromatic heterocycles. The van der Waals surface area contributed by atoms with Crippen LogP contribution in [-0.2, 0) is 11.2 Å². The van der Waals surface area contributed by atoms with E-state index in [-0.39, 0.29) is 12.1 Å². The van der Waals surface area contributed by atoms with Crippen molar-refractivity contribution in [3.05, 3.63) is 59.8 Å². The molecule has 8 nitrogen and oxygen atoms in total. The molecular weight excluding hydrogens is 458 g/mol. The number of carbonyl (C=O) groups is 2. The first-order chi connectivity index (χ1) is 17.5. The molecule has 2 aromatic carbocycles. The second kappa shape index (κ2) is 12.4. The van der Waals surface area contributed by atoms with Crippen LogP contribution in [0, 0.1) is 5.92 Å². The minimum absolute atomic E-state index is 0.153. The molecule has 1 aliphatic heterocycles. The number of fused-ring (bicyclic) bond motifs is 1. The van der Waals surface area contributed by atoms with Gasteiger partial charge in [-0.05, 0) is 74.5 Å². The number of aliphatic carboxylic acids is 1. The van der Waals surface area contributed by atoms with Crippen LogP contribution in [0.1, 0.15) is 48.2 Å². The van der Waals surface area contributed by atoms with Crippen molar-refractivity contribution in [3.8, 4) is 11.5 Å². The number of hydrogen-bond acceptors (Lipinski definition) is 5. The van der Waals surface area contributed by atoms with Crippen molar-refractivity contribution < 1.29 is 24.2 Å². The molecule has 192 valence electrons. The quantitative estimate of drug-likeness (QED) is 0.282. The Bertz CT molecular complexity index is 1150. The first-order valence-electron chi connectivity index (χ1n) is 12.7. The highest BCUT2D eigenvalue weighted by Crippen LogP contribution is 2.29. The Morgan fingerprint density at radius 3 is 2.56 bits per heavy atom. The molecule has 4 N–H and O–H groups in total. The van der Waals surface area contributed by atoms with Crippen molar-refractivity contribution in [2.45, 2.75) is 44.6 Å². The average Bonchev–Trinajstić information content (AvgIpc) is 3.28. The number of aromatic amines is 1. The van der Waals surface area contributed by atoms with Gasteiger partial charge in [0.15, 0.2) is 5.75 Å². The number of carbonyl (C=O) groups excluding carboxylic acids is 1. The normalized spacial score (nSPS) is 14.9. The summed E-state index contributed by atoms with van der Waals surface area (Å²) in [5.74, 6) is 0.363. The van der Waals surface area contributed by atoms with Crippen molar-refractivity contribution in [2.24, 2.45) is 5.92 Å². The van der Waals surface area contributed by atoms with Crippen LogP contribution in [0.2, 0.25) is 0 Å². The van der Waals surface area contributed by atoms with Crippen LogP contribution in [0.15, 0.2) is 48.5 Å². The molecule has 1 atom stereocenters. The smallest absolute Gasteiger partial charge is 0.326 e. The van der Waals surface area contributed by atoms with Gasteiger partial charge in [-0.3, -0.25) is 4.79 Å². The lowest BCUT2D eigenvalue weighted by atomic mass is 9.93. The summed E-state index contributed by atoms with van der Waals surface area (Å²) in [5, 5.41) is 16.5. The van der Waals surface area contributed by atoms with Gasteiger partial charge in [0.2, 0.25) is 0 Å². The maximum atomic E-state index is 12.9. The number of unbranched alkanes of at least 4 members (excludes halogenated alkanes) is 1. The second-order valence-electron chi connectivity index (χ2n) is 9.33. The van der Waals surface area contributed by atoms with Gasteiger partial charge >= 0.3 is 5.97 Å². The van der Waals surface area contributed by atoms with Gasteiger partial charge in [-0.15, -0.1) is 0 Å². The number of H-pyrrole nitrogens is 1. The third kappa shape index (κ3) is 6.57. The predicted octanol–water partition coefficient (Wildman–Crippen LogP) is 4.15. The van der Waals surface area contributed by atoms with Crippen molar-refractivity contribution in [3.63, 3.8) is 0 Å². The summed E-state index contributed by atoms with van der Waals surface area (Å²) in [5.41, 5.74) is 1.74. The molecule has 8 heteroatoms. The maximum absolute atomic E-state index is 12.9. The van der Waals surface area contributed by atoms with Crippen LogP contribution in [-0.4, -0.2) is 54.8 Å². The summed E-state index contributed by atoms with van der Waals surface area (Å²) in [6.07, 6.45) is 6.15. The number of hydrogen-bond donors (Lipinski definition) is 4. The van der Waals surface area contributed by atoms with Crippen LogP contribution in [0.5, 0.6) is 11.5 Å². The molecule has 1 saturated heterocycles. The largest absolute Gasteiger partial charge is 0.494 e. The summed E-state index contributed by atoms with van der Waals surface area (Å²) < 4.78 is 11.3. The summed E-state index contributed by atoms with van der Waals surface area (Å²) in [6, 6.07) is 13.7. The Balaban J connectivity index is 1.28. The van der Waals surface area contributed by atoms with E-state index in [1.165, 1.54) is 32.8 Å². The lowest BCUT2D eigenvalue weighted by molar-refractivity contribution is -0.139. The third-order valence-corrected chi connectivity index (χ3v) is 6.79. The van der Waals surface area contributed by atoms with Crippen LogP contribution in [0.4, 0.5) is 0 Å². The fourth-order valence-electron chi connectivity index (χ4n) is 4.77. The van der Waals surface area contributed by atoms with Gasteiger partial charge in [-0.2, -0.15) is 0 Å². The molecule has 1 amide bonds. The van der Waals surface area contributed by atoms with E-state index in [0.717, 1.165) is 47.6 Å². The second-order valence-corrected chi connectivity index (χ2v) is 9.33. The summed E-state index contributed by atoms with van der Waals surface area (Å²) in [4.78, 5) is 27.8. The number of carboxylic acid groups (broad SMARTS) is 1. The van der Waals surface area contributed by atoms with E-state index in [1.54, 1.807) is 0 Å². The first-order valence-corrected chi connectivity index (χ1v) is 12.7. The number of ether oxygens (including phenoxy) is 2. The van der Waals surface area contributed by atoms with Gasteiger partial charge in [-0.25, -0.2) is 4.79 Å². The van der Waals surface area contributed by atoms with Crippen LogP contribution >= 0.6 is 0 Å². The summed E-state index contributed by atoms with van der Waals surface area (Å²) >= 11 is 0. The van der Waals surface area contributed by atoms with E-state index in [1.807, 2.05) is 48.5 Å². The number of nitrogens with one attached hydrogen (secondary N) is 3. The number of aromatic nitrogens is 1. The van der Waals surface area contributed by atoms with E-state index in [4.69, 9.17) is 9.47 Å². The SMILES string of the molecule is COc1c(C(=O)N[C@@H](Cc2ccc(OCCCCC3CCNCC3)cc2)C(=O)O)[nH]c2ccccc12. The number of rotatable bonds is 12. The van der Waals surface area contributed by atoms with E-state index in [2.05, 4.69) is 15.6 Å². The van der Waals surface area contributed by atoms with E-state index < -0.39 is 17.9 Å². The van der Waals surface area contributed by atoms with E-state index in [0.29, 0.717) is 12.4 Å². The Kier molecular flexibility index (Phi) is 8.84. The first kappa shape index (κ1) is 25.6. The van der Waals surface area contributed by atoms with Gasteiger partial charge in [0.25, 0.3) is 5.91 Å². The zero-order valence-electron chi connectivity index (χ0n) is 20.7. The molecule has 0 saturated carbocycles. The zero-order chi connectivity index (χ0) is 25.3. The number of methoxy groups -OCH3 is 1. The van der Waals surface area contributed by atoms with Gasteiger partial charge in [0, 0.05) is 17.3 Å².